The summed E-state index contributed by atoms with van der Waals surface area (Å²) in [7, 11) is 0. The number of anilines is 1. The number of ether oxygens (including phenoxy) is 1. The smallest absolute Gasteiger partial charge is 0.336 e. The van der Waals surface area contributed by atoms with Crippen molar-refractivity contribution in [1.29, 1.82) is 0 Å². The predicted molar refractivity (Wildman–Crippen MR) is 84.8 cm³/mol. The molecule has 0 aliphatic rings. The molecule has 0 bridgehead atoms. The molecule has 0 aliphatic carbocycles. The van der Waals surface area contributed by atoms with Crippen LogP contribution in [0.15, 0.2) is 6.07 Å². The zero-order valence-electron chi connectivity index (χ0n) is 13.7. The number of nitrogen functional groups attached to an aromatic ring is 1. The van der Waals surface area contributed by atoms with Crippen LogP contribution in [0.4, 0.5) is 5.69 Å². The minimum Gasteiger partial charge on any atom is -0.478 e. The number of rotatable bonds is 5. The Morgan fingerprint density at radius 1 is 1.27 bits per heavy atom. The quantitative estimate of drug-likeness (QED) is 0.568. The van der Waals surface area contributed by atoms with Crippen molar-refractivity contribution in [3.63, 3.8) is 0 Å². The van der Waals surface area contributed by atoms with E-state index in [2.05, 4.69) is 5.32 Å². The Morgan fingerprint density at radius 3 is 2.36 bits per heavy atom. The van der Waals surface area contributed by atoms with Crippen molar-refractivity contribution < 1.29 is 19.4 Å². The van der Waals surface area contributed by atoms with Crippen LogP contribution in [-0.4, -0.2) is 29.2 Å². The van der Waals surface area contributed by atoms with Crippen molar-refractivity contribution >= 4 is 17.6 Å². The molecular formula is C16H24N2O4. The Balaban J connectivity index is 2.79. The number of carboxylic acid groups (broad SMARTS) is 1. The van der Waals surface area contributed by atoms with Gasteiger partial charge in [-0.2, -0.15) is 0 Å². The van der Waals surface area contributed by atoms with E-state index in [0.717, 1.165) is 11.1 Å². The van der Waals surface area contributed by atoms with Crippen LogP contribution in [0.25, 0.3) is 0 Å². The zero-order chi connectivity index (χ0) is 17.1. The van der Waals surface area contributed by atoms with Crippen LogP contribution < -0.4 is 11.1 Å². The average Bonchev–Trinajstić information content (AvgIpc) is 2.36. The first-order valence-corrected chi connectivity index (χ1v) is 7.07. The van der Waals surface area contributed by atoms with Crippen molar-refractivity contribution in [3.05, 3.63) is 28.3 Å². The first kappa shape index (κ1) is 18.0. The Hall–Kier alpha value is -2.08. The van der Waals surface area contributed by atoms with Gasteiger partial charge in [-0.3, -0.25) is 4.79 Å². The molecule has 4 N–H and O–H groups in total. The molecule has 6 heteroatoms. The standard InChI is InChI=1S/C16H24N2O4/c1-9-11(6-12(15(20)21)10(2)14(9)17)7-18-8-13(19)22-16(3,4)5/h6,18H,7-8,17H2,1-5H3,(H,20,21). The first-order chi connectivity index (χ1) is 10.0. The maximum atomic E-state index is 11.6. The molecule has 0 saturated heterocycles. The van der Waals surface area contributed by atoms with Gasteiger partial charge >= 0.3 is 11.9 Å². The summed E-state index contributed by atoms with van der Waals surface area (Å²) in [5, 5.41) is 12.2. The minimum atomic E-state index is -1.02. The van der Waals surface area contributed by atoms with Gasteiger partial charge in [-0.15, -0.1) is 0 Å². The van der Waals surface area contributed by atoms with Crippen molar-refractivity contribution in [3.8, 4) is 0 Å². The number of nitrogens with two attached hydrogens (primary N) is 1. The van der Waals surface area contributed by atoms with E-state index < -0.39 is 11.6 Å². The monoisotopic (exact) mass is 308 g/mol. The lowest BCUT2D eigenvalue weighted by Crippen LogP contribution is -2.31. The SMILES string of the molecule is Cc1c(CNCC(=O)OC(C)(C)C)cc(C(=O)O)c(C)c1N. The molecule has 0 radical (unpaired) electrons. The Kier molecular flexibility index (Phi) is 5.54. The topological polar surface area (TPSA) is 102 Å². The summed E-state index contributed by atoms with van der Waals surface area (Å²) in [5.74, 6) is -1.37. The molecule has 0 saturated carbocycles. The van der Waals surface area contributed by atoms with Gasteiger partial charge in [-0.05, 0) is 57.4 Å². The molecular weight excluding hydrogens is 284 g/mol. The number of esters is 1. The van der Waals surface area contributed by atoms with Crippen molar-refractivity contribution in [1.82, 2.24) is 5.32 Å². The Morgan fingerprint density at radius 2 is 1.86 bits per heavy atom. The second-order valence-electron chi connectivity index (χ2n) is 6.24. The van der Waals surface area contributed by atoms with Gasteiger partial charge in [0.15, 0.2) is 0 Å². The molecule has 0 spiro atoms. The second-order valence-corrected chi connectivity index (χ2v) is 6.24. The third kappa shape index (κ3) is 4.73. The molecule has 0 heterocycles. The van der Waals surface area contributed by atoms with E-state index in [1.807, 2.05) is 6.92 Å². The molecule has 0 atom stereocenters. The normalized spacial score (nSPS) is 11.3. The van der Waals surface area contributed by atoms with E-state index in [-0.39, 0.29) is 18.1 Å². The minimum absolute atomic E-state index is 0.0485. The molecule has 1 rings (SSSR count). The summed E-state index contributed by atoms with van der Waals surface area (Å²) in [4.78, 5) is 22.9. The zero-order valence-corrected chi connectivity index (χ0v) is 13.7. The average molecular weight is 308 g/mol. The van der Waals surface area contributed by atoms with Gasteiger partial charge in [0.2, 0.25) is 0 Å². The van der Waals surface area contributed by atoms with Gasteiger partial charge in [-0.1, -0.05) is 0 Å². The van der Waals surface area contributed by atoms with Crippen LogP contribution in [0.1, 0.15) is 47.8 Å². The van der Waals surface area contributed by atoms with Crippen LogP contribution in [0, 0.1) is 13.8 Å². The maximum Gasteiger partial charge on any atom is 0.336 e. The van der Waals surface area contributed by atoms with E-state index >= 15 is 0 Å². The van der Waals surface area contributed by atoms with Crippen LogP contribution in [-0.2, 0) is 16.1 Å². The maximum absolute atomic E-state index is 11.6. The molecule has 1 aromatic carbocycles. The van der Waals surface area contributed by atoms with Gasteiger partial charge < -0.3 is 20.9 Å². The van der Waals surface area contributed by atoms with E-state index in [1.165, 1.54) is 0 Å². The van der Waals surface area contributed by atoms with E-state index in [0.29, 0.717) is 17.8 Å². The third-order valence-electron chi connectivity index (χ3n) is 3.25. The van der Waals surface area contributed by atoms with Gasteiger partial charge in [0.05, 0.1) is 12.1 Å². The van der Waals surface area contributed by atoms with Crippen LogP contribution in [0.5, 0.6) is 0 Å². The summed E-state index contributed by atoms with van der Waals surface area (Å²) in [6.07, 6.45) is 0. The van der Waals surface area contributed by atoms with E-state index in [4.69, 9.17) is 10.5 Å². The van der Waals surface area contributed by atoms with Crippen molar-refractivity contribution in [2.45, 2.75) is 46.8 Å². The molecule has 0 unspecified atom stereocenters. The summed E-state index contributed by atoms with van der Waals surface area (Å²) < 4.78 is 5.19. The van der Waals surface area contributed by atoms with E-state index in [9.17, 15) is 14.7 Å². The highest BCUT2D eigenvalue weighted by molar-refractivity contribution is 5.92. The number of nitrogens with one attached hydrogen (secondary N) is 1. The predicted octanol–water partition coefficient (Wildman–Crippen LogP) is 2.02. The van der Waals surface area contributed by atoms with Crippen molar-refractivity contribution in [2.75, 3.05) is 12.3 Å². The molecule has 6 nitrogen and oxygen atoms in total. The lowest BCUT2D eigenvalue weighted by molar-refractivity contribution is -0.153. The number of hydrogen-bond donors (Lipinski definition) is 3. The van der Waals surface area contributed by atoms with Gasteiger partial charge in [0.25, 0.3) is 0 Å². The van der Waals surface area contributed by atoms with Crippen LogP contribution >= 0.6 is 0 Å². The summed E-state index contributed by atoms with van der Waals surface area (Å²) in [6.45, 7) is 9.31. The highest BCUT2D eigenvalue weighted by Crippen LogP contribution is 2.24. The second kappa shape index (κ2) is 6.79. The number of benzene rings is 1. The lowest BCUT2D eigenvalue weighted by Gasteiger charge is -2.20. The summed E-state index contributed by atoms with van der Waals surface area (Å²) >= 11 is 0. The number of carbonyl (C=O) groups is 2. The Bertz CT molecular complexity index is 589. The number of aromatic carboxylic acids is 1. The molecule has 122 valence electrons. The molecule has 22 heavy (non-hydrogen) atoms. The van der Waals surface area contributed by atoms with Gasteiger partial charge in [0.1, 0.15) is 5.60 Å². The Labute approximate surface area is 130 Å². The van der Waals surface area contributed by atoms with Crippen molar-refractivity contribution in [2.24, 2.45) is 0 Å². The molecule has 0 fully saturated rings. The summed E-state index contributed by atoms with van der Waals surface area (Å²) in [6, 6.07) is 1.59. The number of carboxylic acids is 1. The fourth-order valence-corrected chi connectivity index (χ4v) is 2.07. The fourth-order valence-electron chi connectivity index (χ4n) is 2.07. The number of hydrogen-bond acceptors (Lipinski definition) is 5. The number of carbonyl (C=O) groups excluding carboxylic acids is 1. The molecule has 1 aromatic rings. The highest BCUT2D eigenvalue weighted by Gasteiger charge is 2.17. The van der Waals surface area contributed by atoms with Crippen LogP contribution in [0.2, 0.25) is 0 Å². The van der Waals surface area contributed by atoms with Gasteiger partial charge in [-0.25, -0.2) is 4.79 Å². The molecule has 0 aromatic heterocycles. The van der Waals surface area contributed by atoms with E-state index in [1.54, 1.807) is 33.8 Å². The fraction of sp³-hybridized carbons (Fsp3) is 0.500. The lowest BCUT2D eigenvalue weighted by atomic mass is 9.97. The molecule has 0 amide bonds. The van der Waals surface area contributed by atoms with Crippen LogP contribution in [0.3, 0.4) is 0 Å². The summed E-state index contributed by atoms with van der Waals surface area (Å²) in [5.41, 5.74) is 8.20. The highest BCUT2D eigenvalue weighted by atomic mass is 16.6. The molecule has 0 aliphatic heterocycles. The first-order valence-electron chi connectivity index (χ1n) is 7.07. The third-order valence-corrected chi connectivity index (χ3v) is 3.25. The largest absolute Gasteiger partial charge is 0.478 e. The van der Waals surface area contributed by atoms with Gasteiger partial charge in [0, 0.05) is 12.2 Å².